The highest BCUT2D eigenvalue weighted by Gasteiger charge is 2.34. The van der Waals surface area contributed by atoms with Gasteiger partial charge in [0, 0.05) is 6.54 Å². The summed E-state index contributed by atoms with van der Waals surface area (Å²) in [4.78, 5) is 37.6. The number of alkyl halides is 3. The molecule has 2 rings (SSSR count). The third-order valence-corrected chi connectivity index (χ3v) is 4.13. The smallest absolute Gasteiger partial charge is 0.416 e. The minimum Gasteiger partial charge on any atom is -0.464 e. The number of esters is 2. The molecule has 1 unspecified atom stereocenters. The first kappa shape index (κ1) is 20.7. The lowest BCUT2D eigenvalue weighted by Gasteiger charge is -2.33. The monoisotopic (exact) mass is 387 g/mol. The van der Waals surface area contributed by atoms with Crippen molar-refractivity contribution in [3.8, 4) is 0 Å². The number of carbonyl (C=O) groups excluding carboxylic acids is 3. The Morgan fingerprint density at radius 3 is 2.59 bits per heavy atom. The predicted octanol–water partition coefficient (Wildman–Crippen LogP) is 2.81. The number of halogens is 3. The summed E-state index contributed by atoms with van der Waals surface area (Å²) >= 11 is 0. The first-order valence-electron chi connectivity index (χ1n) is 8.54. The van der Waals surface area contributed by atoms with Gasteiger partial charge in [-0.3, -0.25) is 4.79 Å². The fourth-order valence-corrected chi connectivity index (χ4v) is 2.83. The van der Waals surface area contributed by atoms with Crippen LogP contribution in [0.25, 0.3) is 0 Å². The van der Waals surface area contributed by atoms with Gasteiger partial charge in [0.15, 0.2) is 6.61 Å². The van der Waals surface area contributed by atoms with E-state index < -0.39 is 42.2 Å². The van der Waals surface area contributed by atoms with Gasteiger partial charge in [0.05, 0.1) is 17.7 Å². The third kappa shape index (κ3) is 5.45. The van der Waals surface area contributed by atoms with Crippen LogP contribution in [-0.2, 0) is 25.2 Å². The zero-order valence-corrected chi connectivity index (χ0v) is 14.8. The van der Waals surface area contributed by atoms with Crippen LogP contribution in [0, 0.1) is 0 Å². The second-order valence-corrected chi connectivity index (χ2v) is 6.01. The topological polar surface area (TPSA) is 72.9 Å². The summed E-state index contributed by atoms with van der Waals surface area (Å²) in [6, 6.07) is 3.01. The number of ether oxygens (including phenoxy) is 2. The first-order chi connectivity index (χ1) is 12.7. The van der Waals surface area contributed by atoms with Crippen LogP contribution in [0.5, 0.6) is 0 Å². The maximum absolute atomic E-state index is 12.7. The van der Waals surface area contributed by atoms with E-state index in [1.807, 2.05) is 0 Å². The lowest BCUT2D eigenvalue weighted by molar-refractivity contribution is -0.157. The Balaban J connectivity index is 1.99. The molecule has 1 aromatic carbocycles. The molecule has 1 aliphatic rings. The molecule has 9 heteroatoms. The highest BCUT2D eigenvalue weighted by molar-refractivity contribution is 5.92. The van der Waals surface area contributed by atoms with Crippen LogP contribution >= 0.6 is 0 Å². The average Bonchev–Trinajstić information content (AvgIpc) is 2.65. The van der Waals surface area contributed by atoms with E-state index in [0.717, 1.165) is 18.6 Å². The van der Waals surface area contributed by atoms with E-state index in [9.17, 15) is 27.6 Å². The molecule has 0 N–H and O–H groups in total. The molecular formula is C18H20F3NO5. The van der Waals surface area contributed by atoms with Gasteiger partial charge in [0.25, 0.3) is 5.91 Å². The van der Waals surface area contributed by atoms with Crippen molar-refractivity contribution < 1.29 is 37.0 Å². The van der Waals surface area contributed by atoms with E-state index in [-0.39, 0.29) is 12.2 Å². The molecule has 1 aromatic rings. The number of rotatable bonds is 5. The Bertz CT molecular complexity index is 704. The quantitative estimate of drug-likeness (QED) is 0.727. The average molecular weight is 387 g/mol. The Labute approximate surface area is 154 Å². The molecule has 1 heterocycles. The maximum Gasteiger partial charge on any atom is 0.416 e. The van der Waals surface area contributed by atoms with Crippen molar-refractivity contribution in [1.82, 2.24) is 4.90 Å². The number of amides is 1. The van der Waals surface area contributed by atoms with E-state index in [2.05, 4.69) is 0 Å². The van der Waals surface area contributed by atoms with Gasteiger partial charge in [-0.2, -0.15) is 13.2 Å². The number of hydrogen-bond acceptors (Lipinski definition) is 5. The van der Waals surface area contributed by atoms with E-state index >= 15 is 0 Å². The Hall–Kier alpha value is -2.58. The molecule has 27 heavy (non-hydrogen) atoms. The van der Waals surface area contributed by atoms with Crippen LogP contribution in [0.3, 0.4) is 0 Å². The van der Waals surface area contributed by atoms with E-state index in [1.165, 1.54) is 11.0 Å². The second-order valence-electron chi connectivity index (χ2n) is 6.01. The van der Waals surface area contributed by atoms with Crippen molar-refractivity contribution in [2.24, 2.45) is 0 Å². The maximum atomic E-state index is 12.7. The first-order valence-corrected chi connectivity index (χ1v) is 8.54. The number of hydrogen-bond donors (Lipinski definition) is 0. The summed E-state index contributed by atoms with van der Waals surface area (Å²) in [7, 11) is 0. The highest BCUT2D eigenvalue weighted by Crippen LogP contribution is 2.29. The fraction of sp³-hybridized carbons (Fsp3) is 0.500. The summed E-state index contributed by atoms with van der Waals surface area (Å²) in [6.07, 6.45) is -2.68. The van der Waals surface area contributed by atoms with Gasteiger partial charge < -0.3 is 14.4 Å². The van der Waals surface area contributed by atoms with E-state index in [1.54, 1.807) is 6.92 Å². The van der Waals surface area contributed by atoms with E-state index in [0.29, 0.717) is 25.5 Å². The second kappa shape index (κ2) is 8.88. The van der Waals surface area contributed by atoms with Gasteiger partial charge in [-0.15, -0.1) is 0 Å². The predicted molar refractivity (Wildman–Crippen MR) is 87.7 cm³/mol. The minimum absolute atomic E-state index is 0.182. The molecule has 1 aliphatic heterocycles. The molecule has 0 aliphatic carbocycles. The summed E-state index contributed by atoms with van der Waals surface area (Å²) in [5, 5.41) is 0. The van der Waals surface area contributed by atoms with Crippen molar-refractivity contribution in [1.29, 1.82) is 0 Å². The van der Waals surface area contributed by atoms with Crippen LogP contribution in [0.1, 0.15) is 42.1 Å². The highest BCUT2D eigenvalue weighted by atomic mass is 19.4. The molecule has 1 atom stereocenters. The zero-order chi connectivity index (χ0) is 20.0. The molecule has 1 fully saturated rings. The standard InChI is InChI=1S/C18H20F3NO5/c1-2-26-17(25)14-8-3-4-9-22(14)15(23)11-27-16(24)12-6-5-7-13(10-12)18(19,20)21/h5-7,10,14H,2-4,8-9,11H2,1H3. The molecule has 0 spiro atoms. The number of nitrogens with zero attached hydrogens (tertiary/aromatic N) is 1. The molecule has 1 saturated heterocycles. The molecule has 0 radical (unpaired) electrons. The van der Waals surface area contributed by atoms with Crippen molar-refractivity contribution >= 4 is 17.8 Å². The third-order valence-electron chi connectivity index (χ3n) is 4.13. The van der Waals surface area contributed by atoms with Gasteiger partial charge >= 0.3 is 18.1 Å². The lowest BCUT2D eigenvalue weighted by atomic mass is 10.0. The largest absolute Gasteiger partial charge is 0.464 e. The van der Waals surface area contributed by atoms with Crippen molar-refractivity contribution in [2.75, 3.05) is 19.8 Å². The molecule has 1 amide bonds. The summed E-state index contributed by atoms with van der Waals surface area (Å²) in [5.41, 5.74) is -1.29. The zero-order valence-electron chi connectivity index (χ0n) is 14.8. The van der Waals surface area contributed by atoms with Crippen molar-refractivity contribution in [3.63, 3.8) is 0 Å². The van der Waals surface area contributed by atoms with Gasteiger partial charge in [-0.05, 0) is 44.4 Å². The number of benzene rings is 1. The molecule has 0 saturated carbocycles. The molecular weight excluding hydrogens is 367 g/mol. The van der Waals surface area contributed by atoms with Crippen LogP contribution in [0.2, 0.25) is 0 Å². The molecule has 0 aromatic heterocycles. The fourth-order valence-electron chi connectivity index (χ4n) is 2.83. The Kier molecular flexibility index (Phi) is 6.81. The van der Waals surface area contributed by atoms with Crippen molar-refractivity contribution in [2.45, 2.75) is 38.4 Å². The normalized spacial score (nSPS) is 17.3. The van der Waals surface area contributed by atoms with E-state index in [4.69, 9.17) is 9.47 Å². The minimum atomic E-state index is -4.59. The molecule has 148 valence electrons. The van der Waals surface area contributed by atoms with Crippen LogP contribution in [0.4, 0.5) is 13.2 Å². The number of piperidine rings is 1. The van der Waals surface area contributed by atoms with Crippen molar-refractivity contribution in [3.05, 3.63) is 35.4 Å². The summed E-state index contributed by atoms with van der Waals surface area (Å²) in [6.45, 7) is 1.50. The van der Waals surface area contributed by atoms with Gasteiger partial charge in [0.1, 0.15) is 6.04 Å². The summed E-state index contributed by atoms with van der Waals surface area (Å²) < 4.78 is 47.9. The van der Waals surface area contributed by atoms with Gasteiger partial charge in [-0.1, -0.05) is 6.07 Å². The van der Waals surface area contributed by atoms with Gasteiger partial charge in [0.2, 0.25) is 0 Å². The van der Waals surface area contributed by atoms with Crippen LogP contribution in [-0.4, -0.2) is 48.5 Å². The molecule has 0 bridgehead atoms. The Morgan fingerprint density at radius 2 is 1.93 bits per heavy atom. The van der Waals surface area contributed by atoms with Gasteiger partial charge in [-0.25, -0.2) is 9.59 Å². The summed E-state index contributed by atoms with van der Waals surface area (Å²) in [5.74, 6) is -2.15. The number of carbonyl (C=O) groups is 3. The Morgan fingerprint density at radius 1 is 1.19 bits per heavy atom. The lowest BCUT2D eigenvalue weighted by Crippen LogP contribution is -2.50. The molecule has 6 nitrogen and oxygen atoms in total. The van der Waals surface area contributed by atoms with Crippen LogP contribution in [0.15, 0.2) is 24.3 Å². The van der Waals surface area contributed by atoms with Crippen LogP contribution < -0.4 is 0 Å². The number of likely N-dealkylation sites (tertiary alicyclic amines) is 1. The SMILES string of the molecule is CCOC(=O)C1CCCCN1C(=O)COC(=O)c1cccc(C(F)(F)F)c1.